The number of hydrogen-bond acceptors (Lipinski definition) is 3. The quantitative estimate of drug-likeness (QED) is 0.858. The Labute approximate surface area is 103 Å². The van der Waals surface area contributed by atoms with Gasteiger partial charge in [-0.3, -0.25) is 14.6 Å². The smallest absolute Gasteiger partial charge is 0.271 e. The number of aromatic amines is 1. The van der Waals surface area contributed by atoms with Gasteiger partial charge in [0.2, 0.25) is 0 Å². The number of aromatic nitrogens is 4. The van der Waals surface area contributed by atoms with Gasteiger partial charge in [0.15, 0.2) is 0 Å². The van der Waals surface area contributed by atoms with Crippen LogP contribution in [0.2, 0.25) is 5.02 Å². The van der Waals surface area contributed by atoms with Gasteiger partial charge in [-0.25, -0.2) is 0 Å². The van der Waals surface area contributed by atoms with Gasteiger partial charge in [0.1, 0.15) is 5.69 Å². The molecule has 90 valence electrons. The van der Waals surface area contributed by atoms with Crippen molar-refractivity contribution in [2.24, 2.45) is 7.05 Å². The maximum atomic E-state index is 11.7. The molecule has 17 heavy (non-hydrogen) atoms. The molecule has 1 amide bonds. The molecule has 2 aromatic heterocycles. The van der Waals surface area contributed by atoms with Crippen LogP contribution in [-0.2, 0) is 13.6 Å². The van der Waals surface area contributed by atoms with Crippen molar-refractivity contribution in [3.63, 3.8) is 0 Å². The van der Waals surface area contributed by atoms with E-state index in [9.17, 15) is 4.79 Å². The Morgan fingerprint density at radius 1 is 1.65 bits per heavy atom. The molecule has 7 heteroatoms. The second-order valence-electron chi connectivity index (χ2n) is 3.68. The van der Waals surface area contributed by atoms with Gasteiger partial charge in [0.25, 0.3) is 5.91 Å². The second-order valence-corrected chi connectivity index (χ2v) is 4.08. The van der Waals surface area contributed by atoms with E-state index in [4.69, 9.17) is 11.6 Å². The largest absolute Gasteiger partial charge is 0.345 e. The fourth-order valence-electron chi connectivity index (χ4n) is 1.41. The summed E-state index contributed by atoms with van der Waals surface area (Å²) in [6.07, 6.45) is 1.39. The molecule has 0 bridgehead atoms. The molecule has 0 aliphatic rings. The number of H-pyrrole nitrogens is 1. The minimum absolute atomic E-state index is 0.263. The number of nitrogens with one attached hydrogen (secondary N) is 2. The third kappa shape index (κ3) is 2.47. The van der Waals surface area contributed by atoms with Gasteiger partial charge in [-0.05, 0) is 13.0 Å². The maximum Gasteiger partial charge on any atom is 0.271 e. The van der Waals surface area contributed by atoms with Gasteiger partial charge in [0, 0.05) is 12.7 Å². The Morgan fingerprint density at radius 2 is 2.41 bits per heavy atom. The van der Waals surface area contributed by atoms with Crippen LogP contribution in [0.1, 0.15) is 21.9 Å². The highest BCUT2D eigenvalue weighted by atomic mass is 35.5. The minimum atomic E-state index is -0.296. The van der Waals surface area contributed by atoms with Crippen LogP contribution < -0.4 is 5.32 Å². The lowest BCUT2D eigenvalue weighted by atomic mass is 10.3. The molecule has 2 aromatic rings. The van der Waals surface area contributed by atoms with Crippen LogP contribution in [0.3, 0.4) is 0 Å². The van der Waals surface area contributed by atoms with E-state index in [1.165, 1.54) is 6.20 Å². The SMILES string of the molecule is Cc1cc(CNC(=O)c2[nH]ncc2Cl)nn1C. The fraction of sp³-hybridized carbons (Fsp3) is 0.300. The first-order chi connectivity index (χ1) is 8.08. The number of halogens is 1. The standard InChI is InChI=1S/C10H12ClN5O/c1-6-3-7(15-16(6)2)4-12-10(17)9-8(11)5-13-14-9/h3,5H,4H2,1-2H3,(H,12,17)(H,13,14). The molecule has 6 nitrogen and oxygen atoms in total. The molecule has 2 heterocycles. The second kappa shape index (κ2) is 4.58. The summed E-state index contributed by atoms with van der Waals surface area (Å²) in [7, 11) is 1.85. The van der Waals surface area contributed by atoms with Crippen molar-refractivity contribution in [1.82, 2.24) is 25.3 Å². The minimum Gasteiger partial charge on any atom is -0.345 e. The molecule has 0 spiro atoms. The molecule has 0 radical (unpaired) electrons. The molecule has 2 rings (SSSR count). The van der Waals surface area contributed by atoms with Gasteiger partial charge >= 0.3 is 0 Å². The summed E-state index contributed by atoms with van der Waals surface area (Å²) < 4.78 is 1.75. The summed E-state index contributed by atoms with van der Waals surface area (Å²) in [6, 6.07) is 1.91. The fourth-order valence-corrected chi connectivity index (χ4v) is 1.59. The molecular formula is C10H12ClN5O. The molecule has 0 saturated heterocycles. The highest BCUT2D eigenvalue weighted by molar-refractivity contribution is 6.33. The average molecular weight is 254 g/mol. The van der Waals surface area contributed by atoms with E-state index in [0.29, 0.717) is 11.6 Å². The Balaban J connectivity index is 1.99. The Hall–Kier alpha value is -1.82. The van der Waals surface area contributed by atoms with Gasteiger partial charge in [-0.15, -0.1) is 0 Å². The monoisotopic (exact) mass is 253 g/mol. The molecule has 0 aromatic carbocycles. The molecule has 0 saturated carbocycles. The van der Waals surface area contributed by atoms with Crippen LogP contribution in [0.25, 0.3) is 0 Å². The zero-order valence-electron chi connectivity index (χ0n) is 9.49. The summed E-state index contributed by atoms with van der Waals surface area (Å²) in [6.45, 7) is 2.31. The normalized spacial score (nSPS) is 10.5. The molecule has 0 atom stereocenters. The van der Waals surface area contributed by atoms with Crippen molar-refractivity contribution >= 4 is 17.5 Å². The van der Waals surface area contributed by atoms with E-state index in [-0.39, 0.29) is 11.6 Å². The molecule has 0 aliphatic heterocycles. The third-order valence-electron chi connectivity index (χ3n) is 2.41. The lowest BCUT2D eigenvalue weighted by Gasteiger charge is -2.00. The average Bonchev–Trinajstić information content (AvgIpc) is 2.83. The first-order valence-electron chi connectivity index (χ1n) is 5.04. The molecule has 0 unspecified atom stereocenters. The van der Waals surface area contributed by atoms with E-state index in [2.05, 4.69) is 20.6 Å². The zero-order valence-corrected chi connectivity index (χ0v) is 10.2. The lowest BCUT2D eigenvalue weighted by molar-refractivity contribution is 0.0945. The topological polar surface area (TPSA) is 75.6 Å². The number of carbonyl (C=O) groups excluding carboxylic acids is 1. The van der Waals surface area contributed by atoms with Crippen LogP contribution in [0.5, 0.6) is 0 Å². The Kier molecular flexibility index (Phi) is 3.14. The number of aryl methyl sites for hydroxylation is 2. The van der Waals surface area contributed by atoms with Crippen molar-refractivity contribution in [2.45, 2.75) is 13.5 Å². The summed E-state index contributed by atoms with van der Waals surface area (Å²) in [4.78, 5) is 11.7. The van der Waals surface area contributed by atoms with Crippen LogP contribution in [0, 0.1) is 6.92 Å². The van der Waals surface area contributed by atoms with Crippen molar-refractivity contribution in [3.05, 3.63) is 34.4 Å². The molecule has 0 aliphatic carbocycles. The van der Waals surface area contributed by atoms with E-state index >= 15 is 0 Å². The summed E-state index contributed by atoms with van der Waals surface area (Å²) in [5.74, 6) is -0.296. The van der Waals surface area contributed by atoms with E-state index in [0.717, 1.165) is 11.4 Å². The van der Waals surface area contributed by atoms with Crippen molar-refractivity contribution in [2.75, 3.05) is 0 Å². The molecular weight excluding hydrogens is 242 g/mol. The Bertz CT molecular complexity index is 525. The van der Waals surface area contributed by atoms with Crippen LogP contribution in [-0.4, -0.2) is 25.9 Å². The third-order valence-corrected chi connectivity index (χ3v) is 2.70. The van der Waals surface area contributed by atoms with Crippen LogP contribution >= 0.6 is 11.6 Å². The molecule has 2 N–H and O–H groups in total. The number of hydrogen-bond donors (Lipinski definition) is 2. The van der Waals surface area contributed by atoms with Crippen molar-refractivity contribution < 1.29 is 4.79 Å². The van der Waals surface area contributed by atoms with Gasteiger partial charge < -0.3 is 5.32 Å². The lowest BCUT2D eigenvalue weighted by Crippen LogP contribution is -2.23. The predicted octanol–water partition coefficient (Wildman–Crippen LogP) is 1.04. The number of amides is 1. The van der Waals surface area contributed by atoms with Gasteiger partial charge in [-0.1, -0.05) is 11.6 Å². The van der Waals surface area contributed by atoms with E-state index in [1.54, 1.807) is 4.68 Å². The van der Waals surface area contributed by atoms with E-state index in [1.807, 2.05) is 20.0 Å². The Morgan fingerprint density at radius 3 is 2.94 bits per heavy atom. The summed E-state index contributed by atoms with van der Waals surface area (Å²) >= 11 is 5.77. The highest BCUT2D eigenvalue weighted by Gasteiger charge is 2.12. The van der Waals surface area contributed by atoms with Crippen molar-refractivity contribution in [1.29, 1.82) is 0 Å². The highest BCUT2D eigenvalue weighted by Crippen LogP contribution is 2.11. The summed E-state index contributed by atoms with van der Waals surface area (Å²) in [5.41, 5.74) is 2.10. The van der Waals surface area contributed by atoms with Crippen LogP contribution in [0.4, 0.5) is 0 Å². The van der Waals surface area contributed by atoms with Crippen LogP contribution in [0.15, 0.2) is 12.3 Å². The van der Waals surface area contributed by atoms with Gasteiger partial charge in [-0.2, -0.15) is 10.2 Å². The number of carbonyl (C=O) groups is 1. The summed E-state index contributed by atoms with van der Waals surface area (Å²) in [5, 5.41) is 13.5. The first kappa shape index (κ1) is 11.7. The predicted molar refractivity (Wildman–Crippen MR) is 62.7 cm³/mol. The van der Waals surface area contributed by atoms with Gasteiger partial charge in [0.05, 0.1) is 23.5 Å². The zero-order chi connectivity index (χ0) is 12.4. The number of rotatable bonds is 3. The number of nitrogens with zero attached hydrogens (tertiary/aromatic N) is 3. The van der Waals surface area contributed by atoms with Crippen molar-refractivity contribution in [3.8, 4) is 0 Å². The molecule has 0 fully saturated rings. The van der Waals surface area contributed by atoms with E-state index < -0.39 is 0 Å². The maximum absolute atomic E-state index is 11.7. The first-order valence-corrected chi connectivity index (χ1v) is 5.42.